The molecule has 22 heavy (non-hydrogen) atoms. The lowest BCUT2D eigenvalue weighted by Gasteiger charge is -2.13. The van der Waals surface area contributed by atoms with E-state index in [1.54, 1.807) is 6.07 Å². The molecule has 0 saturated carbocycles. The Hall–Kier alpha value is -1.60. The van der Waals surface area contributed by atoms with Crippen molar-refractivity contribution in [1.29, 1.82) is 5.26 Å². The third-order valence-electron chi connectivity index (χ3n) is 2.63. The van der Waals surface area contributed by atoms with Crippen molar-refractivity contribution in [2.45, 2.75) is 11.1 Å². The Morgan fingerprint density at radius 2 is 1.86 bits per heavy atom. The maximum absolute atomic E-state index is 12.7. The van der Waals surface area contributed by atoms with Gasteiger partial charge in [-0.1, -0.05) is 23.2 Å². The molecule has 0 atom stereocenters. The number of nitrogens with two attached hydrogens (primary N) is 1. The summed E-state index contributed by atoms with van der Waals surface area (Å²) in [6.07, 6.45) is -4.62. The number of alkyl halides is 3. The van der Waals surface area contributed by atoms with Crippen molar-refractivity contribution in [2.24, 2.45) is 0 Å². The molecule has 11 heteroatoms. The van der Waals surface area contributed by atoms with Gasteiger partial charge in [0.15, 0.2) is 5.69 Å². The van der Waals surface area contributed by atoms with E-state index in [-0.39, 0.29) is 44.2 Å². The molecule has 0 amide bonds. The lowest BCUT2D eigenvalue weighted by molar-refractivity contribution is -0.137. The van der Waals surface area contributed by atoms with Crippen LogP contribution < -0.4 is 5.73 Å². The number of nitriles is 1. The van der Waals surface area contributed by atoms with Crippen molar-refractivity contribution < 1.29 is 17.7 Å². The maximum atomic E-state index is 12.7. The standard InChI is InChI=1S/C11H5Cl2F3N4OS/c12-5-1-4(11(14,15)16)2-6(13)8(5)20-10(18)9(22-21)7(3-17)19-20/h1-2,21H,18H2. The second kappa shape index (κ2) is 5.89. The molecule has 116 valence electrons. The number of nitrogens with zero attached hydrogens (tertiary/aromatic N) is 3. The van der Waals surface area contributed by atoms with E-state index in [0.717, 1.165) is 4.68 Å². The lowest BCUT2D eigenvalue weighted by Crippen LogP contribution is -2.08. The van der Waals surface area contributed by atoms with Crippen LogP contribution in [0.4, 0.5) is 19.0 Å². The van der Waals surface area contributed by atoms with E-state index in [9.17, 15) is 13.2 Å². The quantitative estimate of drug-likeness (QED) is 0.774. The Kier molecular flexibility index (Phi) is 4.49. The molecule has 3 N–H and O–H groups in total. The van der Waals surface area contributed by atoms with E-state index in [2.05, 4.69) is 5.10 Å². The van der Waals surface area contributed by atoms with Crippen LogP contribution in [0, 0.1) is 11.3 Å². The molecule has 0 fully saturated rings. The molecule has 0 saturated heterocycles. The van der Waals surface area contributed by atoms with Crippen molar-refractivity contribution in [3.05, 3.63) is 33.4 Å². The van der Waals surface area contributed by atoms with E-state index in [0.29, 0.717) is 12.1 Å². The monoisotopic (exact) mass is 368 g/mol. The van der Waals surface area contributed by atoms with Crippen LogP contribution >= 0.6 is 35.2 Å². The summed E-state index contributed by atoms with van der Waals surface area (Å²) in [5.74, 6) is -0.174. The number of rotatable bonds is 2. The Balaban J connectivity index is 2.70. The summed E-state index contributed by atoms with van der Waals surface area (Å²) < 4.78 is 48.1. The Bertz CT molecular complexity index is 762. The summed E-state index contributed by atoms with van der Waals surface area (Å²) >= 11 is 11.9. The number of hydrogen-bond acceptors (Lipinski definition) is 5. The van der Waals surface area contributed by atoms with E-state index >= 15 is 0 Å². The van der Waals surface area contributed by atoms with E-state index < -0.39 is 11.7 Å². The first kappa shape index (κ1) is 16.8. The van der Waals surface area contributed by atoms with Crippen LogP contribution in [0.3, 0.4) is 0 Å². The van der Waals surface area contributed by atoms with Gasteiger partial charge in [-0.2, -0.15) is 23.5 Å². The van der Waals surface area contributed by atoms with Crippen molar-refractivity contribution >= 4 is 41.1 Å². The maximum Gasteiger partial charge on any atom is 0.416 e. The summed E-state index contributed by atoms with van der Waals surface area (Å²) in [5, 5.41) is 12.0. The molecule has 0 bridgehead atoms. The minimum atomic E-state index is -4.62. The Labute approximate surface area is 136 Å². The molecular weight excluding hydrogens is 364 g/mol. The fourth-order valence-electron chi connectivity index (χ4n) is 1.68. The predicted molar refractivity (Wildman–Crippen MR) is 76.2 cm³/mol. The van der Waals surface area contributed by atoms with E-state index in [1.807, 2.05) is 0 Å². The number of hydrogen-bond donors (Lipinski definition) is 2. The summed E-state index contributed by atoms with van der Waals surface area (Å²) in [6.45, 7) is 0. The van der Waals surface area contributed by atoms with Gasteiger partial charge in [-0.15, -0.1) is 0 Å². The third kappa shape index (κ3) is 2.83. The number of nitrogen functional groups attached to an aromatic ring is 1. The number of anilines is 1. The minimum absolute atomic E-state index is 0.0467. The van der Waals surface area contributed by atoms with Crippen LogP contribution in [0.5, 0.6) is 0 Å². The minimum Gasteiger partial charge on any atom is -0.383 e. The van der Waals surface area contributed by atoms with Gasteiger partial charge in [0.2, 0.25) is 0 Å². The molecule has 2 rings (SSSR count). The van der Waals surface area contributed by atoms with E-state index in [1.165, 1.54) is 0 Å². The molecule has 2 aromatic rings. The van der Waals surface area contributed by atoms with Crippen molar-refractivity contribution in [3.8, 4) is 11.8 Å². The zero-order valence-electron chi connectivity index (χ0n) is 10.3. The van der Waals surface area contributed by atoms with Gasteiger partial charge >= 0.3 is 6.18 Å². The summed E-state index contributed by atoms with van der Waals surface area (Å²) in [7, 11) is 0. The Morgan fingerprint density at radius 1 is 1.32 bits per heavy atom. The zero-order valence-corrected chi connectivity index (χ0v) is 12.6. The largest absolute Gasteiger partial charge is 0.416 e. The van der Waals surface area contributed by atoms with Crippen molar-refractivity contribution in [3.63, 3.8) is 0 Å². The predicted octanol–water partition coefficient (Wildman–Crippen LogP) is 4.22. The smallest absolute Gasteiger partial charge is 0.383 e. The molecule has 1 aromatic carbocycles. The first-order valence-electron chi connectivity index (χ1n) is 5.37. The topological polar surface area (TPSA) is 87.9 Å². The lowest BCUT2D eigenvalue weighted by atomic mass is 10.2. The molecule has 0 unspecified atom stereocenters. The molecule has 5 nitrogen and oxygen atoms in total. The molecular formula is C11H5Cl2F3N4OS. The van der Waals surface area contributed by atoms with Crippen LogP contribution in [-0.4, -0.2) is 14.3 Å². The van der Waals surface area contributed by atoms with Crippen LogP contribution in [0.25, 0.3) is 5.69 Å². The van der Waals surface area contributed by atoms with Gasteiger partial charge in [-0.3, -0.25) is 0 Å². The molecule has 0 aliphatic carbocycles. The highest BCUT2D eigenvalue weighted by atomic mass is 35.5. The number of benzene rings is 1. The average Bonchev–Trinajstić information content (AvgIpc) is 2.73. The highest BCUT2D eigenvalue weighted by Crippen LogP contribution is 2.39. The zero-order chi connectivity index (χ0) is 16.7. The fourth-order valence-corrected chi connectivity index (χ4v) is 2.68. The molecule has 0 radical (unpaired) electrons. The van der Waals surface area contributed by atoms with Crippen molar-refractivity contribution in [1.82, 2.24) is 9.78 Å². The molecule has 0 aliphatic heterocycles. The highest BCUT2D eigenvalue weighted by Gasteiger charge is 2.32. The normalized spacial score (nSPS) is 11.5. The average molecular weight is 369 g/mol. The van der Waals surface area contributed by atoms with Gasteiger partial charge in [-0.25, -0.2) is 4.68 Å². The molecule has 1 aromatic heterocycles. The number of aromatic nitrogens is 2. The first-order chi connectivity index (χ1) is 10.2. The number of halogens is 5. The first-order valence-corrected chi connectivity index (χ1v) is 6.90. The van der Waals surface area contributed by atoms with Gasteiger partial charge in [0.25, 0.3) is 0 Å². The molecule has 0 spiro atoms. The summed E-state index contributed by atoms with van der Waals surface area (Å²) in [6, 6.07) is 3.03. The fraction of sp³-hybridized carbons (Fsp3) is 0.0909. The van der Waals surface area contributed by atoms with Crippen LogP contribution in [0.1, 0.15) is 11.3 Å². The van der Waals surface area contributed by atoms with E-state index in [4.69, 9.17) is 38.8 Å². The molecule has 0 aliphatic rings. The van der Waals surface area contributed by atoms with Crippen LogP contribution in [0.2, 0.25) is 10.0 Å². The van der Waals surface area contributed by atoms with Crippen LogP contribution in [-0.2, 0) is 6.18 Å². The Morgan fingerprint density at radius 3 is 2.23 bits per heavy atom. The SMILES string of the molecule is N#Cc1nn(-c2c(Cl)cc(C(F)(F)F)cc2Cl)c(N)c1SO. The second-order valence-corrected chi connectivity index (χ2v) is 5.37. The second-order valence-electron chi connectivity index (χ2n) is 3.96. The van der Waals surface area contributed by atoms with Crippen LogP contribution in [0.15, 0.2) is 17.0 Å². The van der Waals surface area contributed by atoms with Gasteiger partial charge in [0, 0.05) is 12.0 Å². The third-order valence-corrected chi connectivity index (χ3v) is 3.79. The summed E-state index contributed by atoms with van der Waals surface area (Å²) in [4.78, 5) is -0.0467. The van der Waals surface area contributed by atoms with Crippen molar-refractivity contribution in [2.75, 3.05) is 5.73 Å². The van der Waals surface area contributed by atoms with Gasteiger partial charge in [0.05, 0.1) is 15.6 Å². The summed E-state index contributed by atoms with van der Waals surface area (Å²) in [5.41, 5.74) is 4.35. The highest BCUT2D eigenvalue weighted by molar-refractivity contribution is 7.94. The van der Waals surface area contributed by atoms with Gasteiger partial charge in [0.1, 0.15) is 22.5 Å². The molecule has 1 heterocycles. The van der Waals surface area contributed by atoms with Gasteiger partial charge < -0.3 is 10.3 Å². The van der Waals surface area contributed by atoms with Gasteiger partial charge in [-0.05, 0) is 12.1 Å².